The maximum atomic E-state index is 13.9. The smallest absolute Gasteiger partial charge is 0.256 e. The number of para-hydroxylation sites is 1. The van der Waals surface area contributed by atoms with Crippen molar-refractivity contribution in [1.29, 1.82) is 0 Å². The quantitative estimate of drug-likeness (QED) is 0.770. The van der Waals surface area contributed by atoms with Crippen molar-refractivity contribution in [2.24, 2.45) is 0 Å². The van der Waals surface area contributed by atoms with E-state index in [1.165, 1.54) is 18.2 Å². The first-order chi connectivity index (χ1) is 13.3. The molecule has 0 bridgehead atoms. The molecule has 0 radical (unpaired) electrons. The van der Waals surface area contributed by atoms with E-state index in [4.69, 9.17) is 34.8 Å². The third-order valence-corrected chi connectivity index (χ3v) is 5.28. The molecule has 1 saturated heterocycles. The molecule has 0 aromatic heterocycles. The number of nitrogens with zero attached hydrogens (tertiary/aromatic N) is 2. The Kier molecular flexibility index (Phi) is 6.78. The van der Waals surface area contributed by atoms with Gasteiger partial charge in [-0.2, -0.15) is 0 Å². The number of nitrogens with one attached hydrogen (secondary N) is 1. The highest BCUT2D eigenvalue weighted by Crippen LogP contribution is 2.29. The second-order valence-corrected chi connectivity index (χ2v) is 7.59. The Balaban J connectivity index is 1.54. The van der Waals surface area contributed by atoms with Crippen LogP contribution in [0.25, 0.3) is 0 Å². The highest BCUT2D eigenvalue weighted by molar-refractivity contribution is 6.39. The number of carbonyl (C=O) groups excluding carboxylic acids is 2. The summed E-state index contributed by atoms with van der Waals surface area (Å²) in [6.07, 6.45) is 0. The molecule has 1 aliphatic rings. The van der Waals surface area contributed by atoms with Gasteiger partial charge < -0.3 is 10.2 Å². The summed E-state index contributed by atoms with van der Waals surface area (Å²) >= 11 is 18.0. The summed E-state index contributed by atoms with van der Waals surface area (Å²) in [7, 11) is 0. The molecule has 9 heteroatoms. The number of rotatable bonds is 4. The molecule has 1 fully saturated rings. The lowest BCUT2D eigenvalue weighted by molar-refractivity contribution is -0.117. The number of anilines is 1. The van der Waals surface area contributed by atoms with E-state index < -0.39 is 11.7 Å². The maximum absolute atomic E-state index is 13.9. The van der Waals surface area contributed by atoms with E-state index in [9.17, 15) is 14.0 Å². The predicted octanol–water partition coefficient (Wildman–Crippen LogP) is 4.18. The third kappa shape index (κ3) is 4.94. The van der Waals surface area contributed by atoms with Crippen molar-refractivity contribution in [2.45, 2.75) is 0 Å². The van der Waals surface area contributed by atoms with E-state index in [-0.39, 0.29) is 18.0 Å². The Morgan fingerprint density at radius 1 is 1.00 bits per heavy atom. The maximum Gasteiger partial charge on any atom is 0.256 e. The number of hydrogen-bond acceptors (Lipinski definition) is 3. The second kappa shape index (κ2) is 9.09. The van der Waals surface area contributed by atoms with Crippen LogP contribution in [0, 0.1) is 5.82 Å². The van der Waals surface area contributed by atoms with Crippen molar-refractivity contribution in [3.63, 3.8) is 0 Å². The lowest BCUT2D eigenvalue weighted by atomic mass is 10.1. The SMILES string of the molecule is O=C(CN1CCN(C(=O)c2cc(Cl)ccc2F)CC1)Nc1c(Cl)cccc1Cl. The number of benzene rings is 2. The van der Waals surface area contributed by atoms with E-state index >= 15 is 0 Å². The zero-order valence-electron chi connectivity index (χ0n) is 14.7. The second-order valence-electron chi connectivity index (χ2n) is 6.34. The molecule has 2 amide bonds. The van der Waals surface area contributed by atoms with Crippen LogP contribution < -0.4 is 5.32 Å². The highest BCUT2D eigenvalue weighted by Gasteiger charge is 2.25. The summed E-state index contributed by atoms with van der Waals surface area (Å²) in [5.41, 5.74) is 0.327. The zero-order chi connectivity index (χ0) is 20.3. The van der Waals surface area contributed by atoms with Crippen molar-refractivity contribution < 1.29 is 14.0 Å². The van der Waals surface area contributed by atoms with E-state index in [0.717, 1.165) is 0 Å². The molecule has 1 N–H and O–H groups in total. The van der Waals surface area contributed by atoms with Crippen molar-refractivity contribution in [1.82, 2.24) is 9.80 Å². The van der Waals surface area contributed by atoms with Gasteiger partial charge in [0.2, 0.25) is 5.91 Å². The largest absolute Gasteiger partial charge is 0.336 e. The van der Waals surface area contributed by atoms with E-state index in [1.54, 1.807) is 23.1 Å². The monoisotopic (exact) mass is 443 g/mol. The lowest BCUT2D eigenvalue weighted by Crippen LogP contribution is -2.50. The van der Waals surface area contributed by atoms with Crippen molar-refractivity contribution in [2.75, 3.05) is 38.0 Å². The Morgan fingerprint density at radius 3 is 2.29 bits per heavy atom. The molecule has 148 valence electrons. The third-order valence-electron chi connectivity index (χ3n) is 4.41. The van der Waals surface area contributed by atoms with E-state index in [2.05, 4.69) is 5.32 Å². The van der Waals surface area contributed by atoms with Crippen molar-refractivity contribution >= 4 is 52.3 Å². The number of halogens is 4. The molecule has 1 heterocycles. The topological polar surface area (TPSA) is 52.7 Å². The first-order valence-electron chi connectivity index (χ1n) is 8.55. The van der Waals surface area contributed by atoms with Crippen LogP contribution in [0.2, 0.25) is 15.1 Å². The fraction of sp³-hybridized carbons (Fsp3) is 0.263. The first-order valence-corrected chi connectivity index (χ1v) is 9.69. The van der Waals surface area contributed by atoms with Gasteiger partial charge in [-0.1, -0.05) is 40.9 Å². The van der Waals surface area contributed by atoms with Crippen molar-refractivity contribution in [3.8, 4) is 0 Å². The van der Waals surface area contributed by atoms with Gasteiger partial charge in [0.15, 0.2) is 0 Å². The van der Waals surface area contributed by atoms with Crippen LogP contribution >= 0.6 is 34.8 Å². The van der Waals surface area contributed by atoms with Gasteiger partial charge in [-0.3, -0.25) is 14.5 Å². The molecule has 2 aromatic rings. The average molecular weight is 445 g/mol. The minimum atomic E-state index is -0.604. The molecule has 0 atom stereocenters. The average Bonchev–Trinajstić information content (AvgIpc) is 2.67. The van der Waals surface area contributed by atoms with Gasteiger partial charge in [-0.05, 0) is 30.3 Å². The van der Waals surface area contributed by atoms with Gasteiger partial charge in [-0.15, -0.1) is 0 Å². The van der Waals surface area contributed by atoms with Gasteiger partial charge in [0.25, 0.3) is 5.91 Å². The molecule has 3 rings (SSSR count). The van der Waals surface area contributed by atoms with Crippen molar-refractivity contribution in [3.05, 3.63) is 62.8 Å². The van der Waals surface area contributed by atoms with Crippen LogP contribution in [0.15, 0.2) is 36.4 Å². The molecule has 0 aliphatic carbocycles. The summed E-state index contributed by atoms with van der Waals surface area (Å²) in [4.78, 5) is 28.3. The summed E-state index contributed by atoms with van der Waals surface area (Å²) in [5.74, 6) is -1.27. The Labute approximate surface area is 177 Å². The normalized spacial score (nSPS) is 14.8. The highest BCUT2D eigenvalue weighted by atomic mass is 35.5. The molecular weight excluding hydrogens is 428 g/mol. The van der Waals surface area contributed by atoms with Crippen LogP contribution in [-0.2, 0) is 4.79 Å². The zero-order valence-corrected chi connectivity index (χ0v) is 17.0. The van der Waals surface area contributed by atoms with Gasteiger partial charge in [0.05, 0.1) is 27.8 Å². The fourth-order valence-electron chi connectivity index (χ4n) is 2.94. The van der Waals surface area contributed by atoms with E-state index in [1.807, 2.05) is 4.90 Å². The van der Waals surface area contributed by atoms with Gasteiger partial charge >= 0.3 is 0 Å². The molecular formula is C19H17Cl3FN3O2. The summed E-state index contributed by atoms with van der Waals surface area (Å²) < 4.78 is 13.9. The Hall–Kier alpha value is -1.86. The molecule has 5 nitrogen and oxygen atoms in total. The standard InChI is InChI=1S/C19H17Cl3FN3O2/c20-12-4-5-16(23)13(10-12)19(28)26-8-6-25(7-9-26)11-17(27)24-18-14(21)2-1-3-15(18)22/h1-5,10H,6-9,11H2,(H,24,27). The molecule has 2 aromatic carbocycles. The number of carbonyl (C=O) groups is 2. The minimum absolute atomic E-state index is 0.0490. The van der Waals surface area contributed by atoms with Gasteiger partial charge in [-0.25, -0.2) is 4.39 Å². The molecule has 0 unspecified atom stereocenters. The van der Waals surface area contributed by atoms with Crippen LogP contribution in [0.5, 0.6) is 0 Å². The Bertz CT molecular complexity index is 882. The predicted molar refractivity (Wildman–Crippen MR) is 109 cm³/mol. The van der Waals surface area contributed by atoms with Gasteiger partial charge in [0, 0.05) is 31.2 Å². The molecule has 0 spiro atoms. The van der Waals surface area contributed by atoms with Crippen LogP contribution in [0.3, 0.4) is 0 Å². The molecule has 0 saturated carbocycles. The first kappa shape index (κ1) is 20.9. The van der Waals surface area contributed by atoms with Crippen LogP contribution in [0.4, 0.5) is 10.1 Å². The minimum Gasteiger partial charge on any atom is -0.336 e. The lowest BCUT2D eigenvalue weighted by Gasteiger charge is -2.34. The van der Waals surface area contributed by atoms with Crippen LogP contribution in [0.1, 0.15) is 10.4 Å². The Morgan fingerprint density at radius 2 is 1.64 bits per heavy atom. The van der Waals surface area contributed by atoms with E-state index in [0.29, 0.717) is 46.9 Å². The number of amides is 2. The van der Waals surface area contributed by atoms with Gasteiger partial charge in [0.1, 0.15) is 5.82 Å². The molecule has 1 aliphatic heterocycles. The summed E-state index contributed by atoms with van der Waals surface area (Å²) in [6.45, 7) is 1.86. The summed E-state index contributed by atoms with van der Waals surface area (Å²) in [5, 5.41) is 3.74. The summed E-state index contributed by atoms with van der Waals surface area (Å²) in [6, 6.07) is 8.88. The van der Waals surface area contributed by atoms with Crippen LogP contribution in [-0.4, -0.2) is 54.3 Å². The number of piperazine rings is 1. The molecule has 28 heavy (non-hydrogen) atoms. The fourth-order valence-corrected chi connectivity index (χ4v) is 3.60. The number of hydrogen-bond donors (Lipinski definition) is 1.